The largest absolute Gasteiger partial charge is 0.496 e. The third-order valence-electron chi connectivity index (χ3n) is 5.69. The maximum Gasteiger partial charge on any atom is 0.433 e. The third-order valence-corrected chi connectivity index (χ3v) is 5.69. The van der Waals surface area contributed by atoms with Gasteiger partial charge in [-0.05, 0) is 44.6 Å². The average molecular weight is 448 g/mol. The number of nitrogens with zero attached hydrogens (tertiary/aromatic N) is 4. The van der Waals surface area contributed by atoms with Crippen molar-refractivity contribution in [2.24, 2.45) is 0 Å². The first-order valence-electron chi connectivity index (χ1n) is 10.3. The molecule has 1 aromatic carbocycles. The van der Waals surface area contributed by atoms with E-state index in [0.29, 0.717) is 15.8 Å². The van der Waals surface area contributed by atoms with Crippen LogP contribution in [0.2, 0.25) is 0 Å². The van der Waals surface area contributed by atoms with Crippen LogP contribution in [0.4, 0.5) is 13.2 Å². The summed E-state index contributed by atoms with van der Waals surface area (Å²) >= 11 is 0. The van der Waals surface area contributed by atoms with Gasteiger partial charge in [0.05, 0.1) is 19.0 Å². The molecule has 1 aliphatic rings. The summed E-state index contributed by atoms with van der Waals surface area (Å²) in [6, 6.07) is 7.58. The Morgan fingerprint density at radius 1 is 1.25 bits per heavy atom. The fraction of sp³-hybridized carbons (Fsp3) is 0.409. The van der Waals surface area contributed by atoms with Gasteiger partial charge in [0.25, 0.3) is 0 Å². The van der Waals surface area contributed by atoms with E-state index in [0.717, 1.165) is 38.1 Å². The van der Waals surface area contributed by atoms with Crippen molar-refractivity contribution >= 4 is 11.6 Å². The fourth-order valence-corrected chi connectivity index (χ4v) is 3.91. The molecule has 1 aliphatic heterocycles. The molecule has 7 nitrogen and oxygen atoms in total. The van der Waals surface area contributed by atoms with E-state index >= 15 is 0 Å². The average Bonchev–Trinajstić information content (AvgIpc) is 3.21. The van der Waals surface area contributed by atoms with E-state index in [2.05, 4.69) is 15.0 Å². The van der Waals surface area contributed by atoms with E-state index < -0.39 is 17.8 Å². The summed E-state index contributed by atoms with van der Waals surface area (Å²) in [7, 11) is 3.38. The first-order valence-corrected chi connectivity index (χ1v) is 10.3. The van der Waals surface area contributed by atoms with E-state index in [4.69, 9.17) is 9.47 Å². The minimum Gasteiger partial charge on any atom is -0.496 e. The number of fused-ring (bicyclic) bond motifs is 1. The second kappa shape index (κ2) is 8.78. The number of para-hydroxylation sites is 1. The number of hydrogen-bond donors (Lipinski definition) is 0. The minimum absolute atomic E-state index is 0.0174. The van der Waals surface area contributed by atoms with Gasteiger partial charge >= 0.3 is 12.1 Å². The molecule has 0 aliphatic carbocycles. The summed E-state index contributed by atoms with van der Waals surface area (Å²) in [6.07, 6.45) is -0.619. The minimum atomic E-state index is -4.71. The quantitative estimate of drug-likeness (QED) is 0.549. The normalized spacial score (nSPS) is 17.5. The Hall–Kier alpha value is -3.14. The number of alkyl halides is 3. The van der Waals surface area contributed by atoms with Crippen LogP contribution in [0.3, 0.4) is 0 Å². The Morgan fingerprint density at radius 2 is 2.03 bits per heavy atom. The smallest absolute Gasteiger partial charge is 0.433 e. The molecule has 1 fully saturated rings. The molecule has 0 N–H and O–H groups in total. The van der Waals surface area contributed by atoms with Crippen LogP contribution in [0, 0.1) is 0 Å². The number of carbonyl (C=O) groups excluding carboxylic acids is 1. The van der Waals surface area contributed by atoms with Crippen LogP contribution in [0.1, 0.15) is 35.3 Å². The van der Waals surface area contributed by atoms with E-state index in [1.165, 1.54) is 7.11 Å². The van der Waals surface area contributed by atoms with E-state index in [1.54, 1.807) is 24.3 Å². The van der Waals surface area contributed by atoms with Gasteiger partial charge in [-0.2, -0.15) is 18.3 Å². The van der Waals surface area contributed by atoms with Crippen molar-refractivity contribution < 1.29 is 27.4 Å². The number of halogens is 3. The monoisotopic (exact) mass is 448 g/mol. The molecule has 0 bridgehead atoms. The summed E-state index contributed by atoms with van der Waals surface area (Å²) in [4.78, 5) is 19.2. The highest BCUT2D eigenvalue weighted by atomic mass is 19.4. The molecule has 10 heteroatoms. The highest BCUT2D eigenvalue weighted by Crippen LogP contribution is 2.35. The van der Waals surface area contributed by atoms with Crippen LogP contribution in [-0.2, 0) is 10.9 Å². The van der Waals surface area contributed by atoms with Crippen molar-refractivity contribution in [3.05, 3.63) is 47.8 Å². The molecule has 3 aromatic rings. The summed E-state index contributed by atoms with van der Waals surface area (Å²) in [5.41, 5.74) is -1.00. The number of likely N-dealkylation sites (N-methyl/N-ethyl adjacent to an activating group) is 1. The molecule has 3 heterocycles. The molecule has 170 valence electrons. The zero-order valence-corrected chi connectivity index (χ0v) is 17.7. The standard InChI is InChI=1S/C22H23F3N4O3/c1-28-10-6-5-7-14(28)13-32-21(30)16-12-26-29-19(22(23,24)25)11-17(27-20(16)29)15-8-3-4-9-18(15)31-2/h3-4,8-9,11-12,14H,5-7,10,13H2,1-2H3/t14-/m0/s1. The lowest BCUT2D eigenvalue weighted by Gasteiger charge is -2.31. The van der Waals surface area contributed by atoms with Gasteiger partial charge in [-0.1, -0.05) is 18.6 Å². The number of ether oxygens (including phenoxy) is 2. The van der Waals surface area contributed by atoms with Gasteiger partial charge in [-0.3, -0.25) is 0 Å². The zero-order valence-electron chi connectivity index (χ0n) is 17.7. The maximum absolute atomic E-state index is 13.8. The lowest BCUT2D eigenvalue weighted by molar-refractivity contribution is -0.142. The number of esters is 1. The van der Waals surface area contributed by atoms with Crippen LogP contribution in [0.25, 0.3) is 16.9 Å². The lowest BCUT2D eigenvalue weighted by Crippen LogP contribution is -2.39. The van der Waals surface area contributed by atoms with Crippen molar-refractivity contribution in [2.75, 3.05) is 27.3 Å². The molecule has 0 unspecified atom stereocenters. The van der Waals surface area contributed by atoms with Crippen LogP contribution in [0.15, 0.2) is 36.5 Å². The van der Waals surface area contributed by atoms with Gasteiger partial charge in [-0.25, -0.2) is 14.3 Å². The van der Waals surface area contributed by atoms with Crippen LogP contribution in [-0.4, -0.2) is 58.8 Å². The molecule has 1 saturated heterocycles. The summed E-state index contributed by atoms with van der Waals surface area (Å²) in [6.45, 7) is 1.07. The summed E-state index contributed by atoms with van der Waals surface area (Å²) < 4.78 is 52.7. The van der Waals surface area contributed by atoms with Crippen LogP contribution < -0.4 is 4.74 Å². The predicted molar refractivity (Wildman–Crippen MR) is 111 cm³/mol. The Bertz CT molecular complexity index is 1130. The van der Waals surface area contributed by atoms with Crippen molar-refractivity contribution in [1.29, 1.82) is 0 Å². The molecule has 0 spiro atoms. The van der Waals surface area contributed by atoms with E-state index in [-0.39, 0.29) is 29.6 Å². The fourth-order valence-electron chi connectivity index (χ4n) is 3.91. The molecule has 4 rings (SSSR count). The van der Waals surface area contributed by atoms with Gasteiger partial charge in [-0.15, -0.1) is 0 Å². The van der Waals surface area contributed by atoms with Crippen molar-refractivity contribution in [2.45, 2.75) is 31.5 Å². The summed E-state index contributed by atoms with van der Waals surface area (Å²) in [5.74, 6) is -0.391. The van der Waals surface area contributed by atoms with Crippen molar-refractivity contribution in [3.8, 4) is 17.0 Å². The second-order valence-corrected chi connectivity index (χ2v) is 7.75. The van der Waals surface area contributed by atoms with Crippen molar-refractivity contribution in [1.82, 2.24) is 19.5 Å². The van der Waals surface area contributed by atoms with Gasteiger partial charge in [0.2, 0.25) is 0 Å². The van der Waals surface area contributed by atoms with E-state index in [1.807, 2.05) is 7.05 Å². The topological polar surface area (TPSA) is 69.0 Å². The Balaban J connectivity index is 1.73. The number of carbonyl (C=O) groups is 1. The number of piperidine rings is 1. The van der Waals surface area contributed by atoms with Crippen LogP contribution in [0.5, 0.6) is 5.75 Å². The molecular formula is C22H23F3N4O3. The van der Waals surface area contributed by atoms with Gasteiger partial charge < -0.3 is 14.4 Å². The first kappa shape index (κ1) is 22.1. The molecule has 0 amide bonds. The van der Waals surface area contributed by atoms with Gasteiger partial charge in [0.15, 0.2) is 11.3 Å². The predicted octanol–water partition coefficient (Wildman–Crippen LogP) is 4.06. The molecular weight excluding hydrogens is 425 g/mol. The molecule has 0 saturated carbocycles. The number of likely N-dealkylation sites (tertiary alicyclic amines) is 1. The first-order chi connectivity index (χ1) is 15.3. The Kier molecular flexibility index (Phi) is 6.05. The zero-order chi connectivity index (χ0) is 22.9. The van der Waals surface area contributed by atoms with E-state index in [9.17, 15) is 18.0 Å². The molecule has 0 radical (unpaired) electrons. The lowest BCUT2D eigenvalue weighted by atomic mass is 10.0. The maximum atomic E-state index is 13.8. The number of rotatable bonds is 5. The number of methoxy groups -OCH3 is 1. The van der Waals surface area contributed by atoms with Crippen molar-refractivity contribution in [3.63, 3.8) is 0 Å². The highest BCUT2D eigenvalue weighted by molar-refractivity contribution is 5.96. The second-order valence-electron chi connectivity index (χ2n) is 7.75. The molecule has 32 heavy (non-hydrogen) atoms. The van der Waals surface area contributed by atoms with Gasteiger partial charge in [0, 0.05) is 11.6 Å². The summed E-state index contributed by atoms with van der Waals surface area (Å²) in [5, 5.41) is 3.78. The Morgan fingerprint density at radius 3 is 2.75 bits per heavy atom. The SMILES string of the molecule is COc1ccccc1-c1cc(C(F)(F)F)n2ncc(C(=O)OC[C@@H]3CCCCN3C)c2n1. The highest BCUT2D eigenvalue weighted by Gasteiger charge is 2.36. The number of hydrogen-bond acceptors (Lipinski definition) is 6. The number of aromatic nitrogens is 3. The van der Waals surface area contributed by atoms with Crippen LogP contribution >= 0.6 is 0 Å². The number of benzene rings is 1. The molecule has 1 atom stereocenters. The van der Waals surface area contributed by atoms with Gasteiger partial charge in [0.1, 0.15) is 17.9 Å². The molecule has 2 aromatic heterocycles. The Labute approximate surface area is 182 Å². The third kappa shape index (κ3) is 4.27.